The summed E-state index contributed by atoms with van der Waals surface area (Å²) in [5.41, 5.74) is -0.558. The summed E-state index contributed by atoms with van der Waals surface area (Å²) >= 11 is 0. The van der Waals surface area contributed by atoms with Crippen molar-refractivity contribution in [2.45, 2.75) is 36.6 Å². The zero-order valence-corrected chi connectivity index (χ0v) is 16.6. The van der Waals surface area contributed by atoms with Gasteiger partial charge in [0.1, 0.15) is 6.61 Å². The van der Waals surface area contributed by atoms with Crippen LogP contribution in [0.2, 0.25) is 0 Å². The Balaban J connectivity index is 1.58. The Hall–Kier alpha value is -2.43. The van der Waals surface area contributed by atoms with Gasteiger partial charge in [-0.3, -0.25) is 0 Å². The Kier molecular flexibility index (Phi) is 6.79. The molecule has 2 aromatic carbocycles. The van der Waals surface area contributed by atoms with Crippen LogP contribution in [0.3, 0.4) is 0 Å². The maximum atomic E-state index is 12.7. The van der Waals surface area contributed by atoms with E-state index in [0.29, 0.717) is 6.61 Å². The van der Waals surface area contributed by atoms with Gasteiger partial charge in [0.15, 0.2) is 0 Å². The number of hydrogen-bond donors (Lipinski definition) is 1. The largest absolute Gasteiger partial charge is 0.457 e. The summed E-state index contributed by atoms with van der Waals surface area (Å²) in [6.07, 6.45) is -2.95. The summed E-state index contributed by atoms with van der Waals surface area (Å²) in [6, 6.07) is 9.58. The molecule has 1 N–H and O–H groups in total. The van der Waals surface area contributed by atoms with Crippen LogP contribution < -0.4 is 4.72 Å². The summed E-state index contributed by atoms with van der Waals surface area (Å²) in [7, 11) is -3.75. The van der Waals surface area contributed by atoms with Crippen molar-refractivity contribution in [2.24, 2.45) is 0 Å². The van der Waals surface area contributed by atoms with Crippen LogP contribution in [-0.4, -0.2) is 33.6 Å². The molecule has 10 heteroatoms. The molecule has 0 aromatic heterocycles. The van der Waals surface area contributed by atoms with Crippen LogP contribution in [-0.2, 0) is 32.3 Å². The van der Waals surface area contributed by atoms with Gasteiger partial charge in [-0.25, -0.2) is 17.9 Å². The molecule has 1 saturated heterocycles. The molecule has 1 atom stereocenters. The quantitative estimate of drug-likeness (QED) is 0.663. The third kappa shape index (κ3) is 5.80. The number of rotatable bonds is 7. The van der Waals surface area contributed by atoms with Gasteiger partial charge in [-0.15, -0.1) is 0 Å². The van der Waals surface area contributed by atoms with Gasteiger partial charge in [-0.2, -0.15) is 13.2 Å². The Morgan fingerprint density at radius 2 is 1.90 bits per heavy atom. The fraction of sp³-hybridized carbons (Fsp3) is 0.350. The van der Waals surface area contributed by atoms with E-state index in [4.69, 9.17) is 9.47 Å². The number of sulfonamides is 1. The molecule has 1 aliphatic heterocycles. The molecule has 0 spiro atoms. The molecule has 30 heavy (non-hydrogen) atoms. The monoisotopic (exact) mass is 443 g/mol. The fourth-order valence-electron chi connectivity index (χ4n) is 2.93. The van der Waals surface area contributed by atoms with Crippen molar-refractivity contribution in [1.29, 1.82) is 0 Å². The van der Waals surface area contributed by atoms with Gasteiger partial charge in [0.05, 0.1) is 22.1 Å². The molecular formula is C20H20F3NO5S. The molecule has 0 aliphatic carbocycles. The third-order valence-electron chi connectivity index (χ3n) is 4.55. The van der Waals surface area contributed by atoms with Crippen LogP contribution in [0.15, 0.2) is 53.4 Å². The Bertz CT molecular complexity index is 984. The van der Waals surface area contributed by atoms with Gasteiger partial charge in [0.2, 0.25) is 10.0 Å². The molecule has 1 heterocycles. The molecule has 3 rings (SSSR count). The van der Waals surface area contributed by atoms with E-state index in [0.717, 1.165) is 25.0 Å². The lowest BCUT2D eigenvalue weighted by Crippen LogP contribution is -2.31. The van der Waals surface area contributed by atoms with Crippen molar-refractivity contribution in [3.05, 3.63) is 65.2 Å². The van der Waals surface area contributed by atoms with Crippen LogP contribution in [0.25, 0.3) is 0 Å². The van der Waals surface area contributed by atoms with E-state index >= 15 is 0 Å². The third-order valence-corrected chi connectivity index (χ3v) is 5.99. The first kappa shape index (κ1) is 22.3. The van der Waals surface area contributed by atoms with E-state index in [2.05, 4.69) is 4.72 Å². The molecular weight excluding hydrogens is 423 g/mol. The van der Waals surface area contributed by atoms with E-state index < -0.39 is 27.7 Å². The minimum atomic E-state index is -4.49. The second-order valence-corrected chi connectivity index (χ2v) is 8.55. The van der Waals surface area contributed by atoms with Crippen molar-refractivity contribution in [3.8, 4) is 0 Å². The fourth-order valence-corrected chi connectivity index (χ4v) is 4.00. The number of carbonyl (C=O) groups is 1. The molecule has 0 radical (unpaired) electrons. The first-order valence-electron chi connectivity index (χ1n) is 9.20. The Labute approximate surface area is 172 Å². The number of hydrogen-bond acceptors (Lipinski definition) is 5. The normalized spacial score (nSPS) is 17.1. The van der Waals surface area contributed by atoms with Crippen molar-refractivity contribution in [3.63, 3.8) is 0 Å². The van der Waals surface area contributed by atoms with Crippen LogP contribution in [0.4, 0.5) is 13.2 Å². The summed E-state index contributed by atoms with van der Waals surface area (Å²) in [6.45, 7) is 0.443. The maximum Gasteiger partial charge on any atom is 0.416 e. The predicted octanol–water partition coefficient (Wildman–Crippen LogP) is 3.52. The zero-order valence-electron chi connectivity index (χ0n) is 15.8. The van der Waals surface area contributed by atoms with Crippen LogP contribution in [0, 0.1) is 0 Å². The van der Waals surface area contributed by atoms with Crippen LogP contribution >= 0.6 is 0 Å². The summed E-state index contributed by atoms with van der Waals surface area (Å²) < 4.78 is 75.7. The second kappa shape index (κ2) is 9.15. The minimum absolute atomic E-state index is 0.0186. The SMILES string of the molecule is O=C(OCc1cccc(C(F)(F)F)c1)c1ccc(S(=O)(=O)NCC2CCCO2)cc1. The van der Waals surface area contributed by atoms with E-state index in [1.165, 1.54) is 36.4 Å². The lowest BCUT2D eigenvalue weighted by atomic mass is 10.1. The second-order valence-electron chi connectivity index (χ2n) is 6.79. The lowest BCUT2D eigenvalue weighted by molar-refractivity contribution is -0.137. The van der Waals surface area contributed by atoms with Crippen molar-refractivity contribution in [2.75, 3.05) is 13.2 Å². The number of esters is 1. The topological polar surface area (TPSA) is 81.7 Å². The molecule has 6 nitrogen and oxygen atoms in total. The Morgan fingerprint density at radius 1 is 1.17 bits per heavy atom. The summed E-state index contributed by atoms with van der Waals surface area (Å²) in [4.78, 5) is 12.1. The Morgan fingerprint density at radius 3 is 2.53 bits per heavy atom. The highest BCUT2D eigenvalue weighted by molar-refractivity contribution is 7.89. The molecule has 1 unspecified atom stereocenters. The van der Waals surface area contributed by atoms with E-state index in [-0.39, 0.29) is 35.3 Å². The molecule has 162 valence electrons. The van der Waals surface area contributed by atoms with Gasteiger partial charge in [-0.05, 0) is 54.8 Å². The number of halogens is 3. The highest BCUT2D eigenvalue weighted by Gasteiger charge is 2.30. The first-order valence-corrected chi connectivity index (χ1v) is 10.7. The number of carbonyl (C=O) groups excluding carboxylic acids is 1. The standard InChI is InChI=1S/C20H20F3NO5S/c21-20(22,23)16-4-1-3-14(11-16)13-29-19(25)15-6-8-18(9-7-15)30(26,27)24-12-17-5-2-10-28-17/h1,3-4,6-9,11,17,24H,2,5,10,12-13H2. The van der Waals surface area contributed by atoms with Crippen LogP contribution in [0.1, 0.15) is 34.3 Å². The lowest BCUT2D eigenvalue weighted by Gasteiger charge is -2.12. The first-order chi connectivity index (χ1) is 14.1. The van der Waals surface area contributed by atoms with Gasteiger partial charge < -0.3 is 9.47 Å². The summed E-state index contributed by atoms with van der Waals surface area (Å²) in [5, 5.41) is 0. The number of nitrogens with one attached hydrogen (secondary N) is 1. The highest BCUT2D eigenvalue weighted by Crippen LogP contribution is 2.29. The predicted molar refractivity (Wildman–Crippen MR) is 101 cm³/mol. The van der Waals surface area contributed by atoms with Gasteiger partial charge in [0.25, 0.3) is 0 Å². The van der Waals surface area contributed by atoms with E-state index in [1.807, 2.05) is 0 Å². The molecule has 0 amide bonds. The average molecular weight is 443 g/mol. The van der Waals surface area contributed by atoms with Crippen LogP contribution in [0.5, 0.6) is 0 Å². The van der Waals surface area contributed by atoms with Gasteiger partial charge in [0, 0.05) is 13.2 Å². The van der Waals surface area contributed by atoms with E-state index in [1.54, 1.807) is 0 Å². The molecule has 2 aromatic rings. The van der Waals surface area contributed by atoms with Gasteiger partial charge >= 0.3 is 12.1 Å². The maximum absolute atomic E-state index is 12.7. The number of benzene rings is 2. The molecule has 1 fully saturated rings. The van der Waals surface area contributed by atoms with E-state index in [9.17, 15) is 26.4 Å². The van der Waals surface area contributed by atoms with Gasteiger partial charge in [-0.1, -0.05) is 12.1 Å². The smallest absolute Gasteiger partial charge is 0.416 e. The highest BCUT2D eigenvalue weighted by atomic mass is 32.2. The summed E-state index contributed by atoms with van der Waals surface area (Å²) in [5.74, 6) is -0.774. The average Bonchev–Trinajstić information content (AvgIpc) is 3.24. The molecule has 1 aliphatic rings. The zero-order chi connectivity index (χ0) is 21.8. The van der Waals surface area contributed by atoms with Crippen molar-refractivity contribution in [1.82, 2.24) is 4.72 Å². The molecule has 0 saturated carbocycles. The number of ether oxygens (including phenoxy) is 2. The molecule has 0 bridgehead atoms. The number of alkyl halides is 3. The van der Waals surface area contributed by atoms with Crippen molar-refractivity contribution >= 4 is 16.0 Å². The minimum Gasteiger partial charge on any atom is -0.457 e. The van der Waals surface area contributed by atoms with Crippen molar-refractivity contribution < 1.29 is 35.9 Å².